The van der Waals surface area contributed by atoms with Crippen LogP contribution in [-0.2, 0) is 20.4 Å². The topological polar surface area (TPSA) is 77.9 Å². The fourth-order valence-electron chi connectivity index (χ4n) is 5.25. The van der Waals surface area contributed by atoms with Gasteiger partial charge in [-0.2, -0.15) is 4.31 Å². The van der Waals surface area contributed by atoms with Crippen LogP contribution in [-0.4, -0.2) is 54.4 Å². The summed E-state index contributed by atoms with van der Waals surface area (Å²) < 4.78 is 42.3. The Bertz CT molecular complexity index is 1170. The highest BCUT2D eigenvalue weighted by atomic mass is 35.5. The summed E-state index contributed by atoms with van der Waals surface area (Å²) in [6, 6.07) is 12.5. The first-order valence-corrected chi connectivity index (χ1v) is 14.7. The molecule has 0 unspecified atom stereocenters. The standard InChI is InChI=1S/C28H38ClFN2O4S/c1-5-32(27(34)21-11-9-10-12-21)28(4,22-13-7-6-8-14-22)26(33)19-31(18-20(2)3)37(35,36)23-15-16-25(30)24(29)17-23/h6-8,13-17,20-21,26,33H,5,9-12,18-19H2,1-4H3/t26-,28+/m1/s1. The number of nitrogens with zero attached hydrogens (tertiary/aromatic N) is 2. The van der Waals surface area contributed by atoms with Crippen molar-refractivity contribution in [3.63, 3.8) is 0 Å². The molecule has 1 amide bonds. The highest BCUT2D eigenvalue weighted by Gasteiger charge is 2.46. The van der Waals surface area contributed by atoms with E-state index in [-0.39, 0.29) is 40.8 Å². The second-order valence-electron chi connectivity index (χ2n) is 10.4. The number of likely N-dealkylation sites (N-methyl/N-ethyl adjacent to an activating group) is 1. The number of hydrogen-bond donors (Lipinski definition) is 1. The van der Waals surface area contributed by atoms with Crippen LogP contribution in [0.4, 0.5) is 4.39 Å². The van der Waals surface area contributed by atoms with Gasteiger partial charge < -0.3 is 10.0 Å². The number of carbonyl (C=O) groups excluding carboxylic acids is 1. The van der Waals surface area contributed by atoms with Gasteiger partial charge in [-0.1, -0.05) is 68.6 Å². The zero-order chi connectivity index (χ0) is 27.4. The van der Waals surface area contributed by atoms with Gasteiger partial charge in [0.05, 0.1) is 21.6 Å². The number of benzene rings is 2. The van der Waals surface area contributed by atoms with Crippen molar-refractivity contribution < 1.29 is 22.7 Å². The van der Waals surface area contributed by atoms with Crippen LogP contribution in [0, 0.1) is 17.7 Å². The maximum absolute atomic E-state index is 13.8. The van der Waals surface area contributed by atoms with Gasteiger partial charge in [-0.25, -0.2) is 12.8 Å². The van der Waals surface area contributed by atoms with Crippen molar-refractivity contribution in [2.75, 3.05) is 19.6 Å². The molecule has 0 radical (unpaired) electrons. The SMILES string of the molecule is CCN(C(=O)C1CCCC1)[C@@](C)(c1ccccc1)[C@H](O)CN(CC(C)C)S(=O)(=O)c1ccc(F)c(Cl)c1. The molecule has 37 heavy (non-hydrogen) atoms. The Morgan fingerprint density at radius 1 is 1.14 bits per heavy atom. The van der Waals surface area contributed by atoms with Crippen LogP contribution >= 0.6 is 11.6 Å². The zero-order valence-corrected chi connectivity index (χ0v) is 23.6. The van der Waals surface area contributed by atoms with Gasteiger partial charge in [0.15, 0.2) is 0 Å². The van der Waals surface area contributed by atoms with E-state index in [1.165, 1.54) is 10.4 Å². The normalized spacial score (nSPS) is 17.2. The largest absolute Gasteiger partial charge is 0.389 e. The minimum absolute atomic E-state index is 0.0195. The van der Waals surface area contributed by atoms with Gasteiger partial charge in [-0.3, -0.25) is 4.79 Å². The molecule has 2 aromatic rings. The molecule has 6 nitrogen and oxygen atoms in total. The van der Waals surface area contributed by atoms with Crippen LogP contribution in [0.15, 0.2) is 53.4 Å². The van der Waals surface area contributed by atoms with Crippen molar-refractivity contribution in [3.8, 4) is 0 Å². The highest BCUT2D eigenvalue weighted by Crippen LogP contribution is 2.37. The molecule has 1 aliphatic rings. The summed E-state index contributed by atoms with van der Waals surface area (Å²) in [6.07, 6.45) is 2.38. The van der Waals surface area contributed by atoms with Crippen molar-refractivity contribution in [3.05, 3.63) is 64.9 Å². The molecule has 2 aromatic carbocycles. The number of hydrogen-bond acceptors (Lipinski definition) is 4. The third kappa shape index (κ3) is 6.36. The van der Waals surface area contributed by atoms with Crippen molar-refractivity contribution in [2.45, 2.75) is 69.9 Å². The summed E-state index contributed by atoms with van der Waals surface area (Å²) in [5.74, 6) is -0.888. The molecule has 1 N–H and O–H groups in total. The van der Waals surface area contributed by atoms with Gasteiger partial charge in [-0.05, 0) is 56.4 Å². The molecule has 0 aliphatic heterocycles. The van der Waals surface area contributed by atoms with Crippen molar-refractivity contribution >= 4 is 27.5 Å². The van der Waals surface area contributed by atoms with E-state index in [0.29, 0.717) is 6.54 Å². The number of carbonyl (C=O) groups is 1. The third-order valence-electron chi connectivity index (χ3n) is 7.33. The fourth-order valence-corrected chi connectivity index (χ4v) is 7.13. The Kier molecular flexibility index (Phi) is 9.78. The zero-order valence-electron chi connectivity index (χ0n) is 22.0. The smallest absolute Gasteiger partial charge is 0.243 e. The lowest BCUT2D eigenvalue weighted by Crippen LogP contribution is -2.59. The number of amides is 1. The number of halogens is 2. The van der Waals surface area contributed by atoms with Crippen molar-refractivity contribution in [1.29, 1.82) is 0 Å². The summed E-state index contributed by atoms with van der Waals surface area (Å²) in [5.41, 5.74) is -0.455. The van der Waals surface area contributed by atoms with Gasteiger partial charge in [0.25, 0.3) is 0 Å². The second kappa shape index (κ2) is 12.2. The summed E-state index contributed by atoms with van der Waals surface area (Å²) >= 11 is 5.89. The highest BCUT2D eigenvalue weighted by molar-refractivity contribution is 7.89. The minimum Gasteiger partial charge on any atom is -0.389 e. The third-order valence-corrected chi connectivity index (χ3v) is 9.45. The Labute approximate surface area is 225 Å². The van der Waals surface area contributed by atoms with Crippen molar-refractivity contribution in [2.24, 2.45) is 11.8 Å². The van der Waals surface area contributed by atoms with E-state index in [1.807, 2.05) is 51.1 Å². The molecule has 0 aromatic heterocycles. The second-order valence-corrected chi connectivity index (χ2v) is 12.7. The molecule has 0 heterocycles. The Balaban J connectivity index is 2.04. The summed E-state index contributed by atoms with van der Waals surface area (Å²) in [5, 5.41) is 11.5. The molecule has 0 spiro atoms. The first-order valence-electron chi connectivity index (χ1n) is 12.9. The van der Waals surface area contributed by atoms with E-state index in [0.717, 1.165) is 43.4 Å². The van der Waals surface area contributed by atoms with Gasteiger partial charge in [0.1, 0.15) is 5.82 Å². The van der Waals surface area contributed by atoms with E-state index >= 15 is 0 Å². The molecule has 9 heteroatoms. The number of aliphatic hydroxyl groups excluding tert-OH is 1. The monoisotopic (exact) mass is 552 g/mol. The van der Waals surface area contributed by atoms with E-state index in [9.17, 15) is 22.7 Å². The number of rotatable bonds is 11. The van der Waals surface area contributed by atoms with Crippen LogP contribution in [0.2, 0.25) is 5.02 Å². The molecular weight excluding hydrogens is 515 g/mol. The first-order chi connectivity index (χ1) is 17.4. The minimum atomic E-state index is -4.12. The average Bonchev–Trinajstić information content (AvgIpc) is 3.40. The maximum atomic E-state index is 13.8. The first kappa shape index (κ1) is 29.6. The van der Waals surface area contributed by atoms with Crippen LogP contribution < -0.4 is 0 Å². The summed E-state index contributed by atoms with van der Waals surface area (Å²) in [6.45, 7) is 7.68. The summed E-state index contributed by atoms with van der Waals surface area (Å²) in [7, 11) is -4.12. The van der Waals surface area contributed by atoms with Crippen LogP contribution in [0.25, 0.3) is 0 Å². The maximum Gasteiger partial charge on any atom is 0.243 e. The number of sulfonamides is 1. The fraction of sp³-hybridized carbons (Fsp3) is 0.536. The molecule has 0 bridgehead atoms. The Hall–Kier alpha value is -2.00. The lowest BCUT2D eigenvalue weighted by Gasteiger charge is -2.46. The quantitative estimate of drug-likeness (QED) is 0.402. The van der Waals surface area contributed by atoms with Gasteiger partial charge in [0, 0.05) is 25.6 Å². The molecule has 0 saturated heterocycles. The van der Waals surface area contributed by atoms with Crippen LogP contribution in [0.1, 0.15) is 58.9 Å². The van der Waals surface area contributed by atoms with Gasteiger partial charge in [0.2, 0.25) is 15.9 Å². The molecule has 2 atom stereocenters. The van der Waals surface area contributed by atoms with Gasteiger partial charge in [-0.15, -0.1) is 0 Å². The van der Waals surface area contributed by atoms with Crippen LogP contribution in [0.3, 0.4) is 0 Å². The number of aliphatic hydroxyl groups is 1. The predicted molar refractivity (Wildman–Crippen MR) is 144 cm³/mol. The molecule has 3 rings (SSSR count). The Morgan fingerprint density at radius 2 is 1.76 bits per heavy atom. The molecule has 1 saturated carbocycles. The van der Waals surface area contributed by atoms with E-state index < -0.39 is 27.5 Å². The van der Waals surface area contributed by atoms with E-state index in [2.05, 4.69) is 0 Å². The van der Waals surface area contributed by atoms with Gasteiger partial charge >= 0.3 is 0 Å². The van der Waals surface area contributed by atoms with E-state index in [4.69, 9.17) is 11.6 Å². The molecule has 204 valence electrons. The lowest BCUT2D eigenvalue weighted by atomic mass is 9.83. The molecular formula is C28H38ClFN2O4S. The van der Waals surface area contributed by atoms with Crippen LogP contribution in [0.5, 0.6) is 0 Å². The average molecular weight is 553 g/mol. The van der Waals surface area contributed by atoms with Crippen molar-refractivity contribution in [1.82, 2.24) is 9.21 Å². The predicted octanol–water partition coefficient (Wildman–Crippen LogP) is 5.44. The lowest BCUT2D eigenvalue weighted by molar-refractivity contribution is -0.147. The molecule has 1 fully saturated rings. The van der Waals surface area contributed by atoms with E-state index in [1.54, 1.807) is 11.8 Å². The molecule has 1 aliphatic carbocycles. The summed E-state index contributed by atoms with van der Waals surface area (Å²) in [4.78, 5) is 15.2. The Morgan fingerprint density at radius 3 is 2.30 bits per heavy atom.